The van der Waals surface area contributed by atoms with Crippen molar-refractivity contribution in [3.05, 3.63) is 52.8 Å². The van der Waals surface area contributed by atoms with E-state index in [0.29, 0.717) is 12.5 Å². The average Bonchev–Trinajstić information content (AvgIpc) is 3.06. The van der Waals surface area contributed by atoms with Gasteiger partial charge in [-0.1, -0.05) is 12.1 Å². The van der Waals surface area contributed by atoms with Gasteiger partial charge >= 0.3 is 0 Å². The van der Waals surface area contributed by atoms with Gasteiger partial charge in [0.05, 0.1) is 5.56 Å². The van der Waals surface area contributed by atoms with Crippen molar-refractivity contribution in [2.24, 2.45) is 11.7 Å². The summed E-state index contributed by atoms with van der Waals surface area (Å²) in [6.45, 7) is 9.71. The van der Waals surface area contributed by atoms with Crippen molar-refractivity contribution in [1.82, 2.24) is 9.47 Å². The lowest BCUT2D eigenvalue weighted by molar-refractivity contribution is 0.0742. The van der Waals surface area contributed by atoms with Gasteiger partial charge in [0.1, 0.15) is 0 Å². The molecule has 2 heterocycles. The molecule has 1 saturated heterocycles. The molecule has 2 atom stereocenters. The molecule has 3 rings (SSSR count). The molecule has 1 fully saturated rings. The second-order valence-electron chi connectivity index (χ2n) is 7.10. The highest BCUT2D eigenvalue weighted by Gasteiger charge is 2.33. The van der Waals surface area contributed by atoms with Gasteiger partial charge in [-0.3, -0.25) is 4.79 Å². The number of nitrogens with two attached hydrogens (primary N) is 1. The van der Waals surface area contributed by atoms with Crippen LogP contribution in [0.2, 0.25) is 0 Å². The lowest BCUT2D eigenvalue weighted by Crippen LogP contribution is -2.34. The van der Waals surface area contributed by atoms with Crippen LogP contribution in [-0.2, 0) is 0 Å². The van der Waals surface area contributed by atoms with E-state index in [0.717, 1.165) is 35.6 Å². The maximum Gasteiger partial charge on any atom is 0.255 e. The van der Waals surface area contributed by atoms with Crippen molar-refractivity contribution in [3.8, 4) is 5.69 Å². The third-order valence-corrected chi connectivity index (χ3v) is 5.18. The normalized spacial score (nSPS) is 19.8. The monoisotopic (exact) mass is 361 g/mol. The summed E-state index contributed by atoms with van der Waals surface area (Å²) in [5, 5.41) is 0. The van der Waals surface area contributed by atoms with Crippen molar-refractivity contribution >= 4 is 18.3 Å². The second-order valence-corrected chi connectivity index (χ2v) is 7.10. The number of amides is 1. The number of carbonyl (C=O) groups is 1. The van der Waals surface area contributed by atoms with E-state index < -0.39 is 0 Å². The number of benzene rings is 1. The van der Waals surface area contributed by atoms with E-state index in [1.165, 1.54) is 5.56 Å². The van der Waals surface area contributed by atoms with Crippen LogP contribution in [0.1, 0.15) is 40.7 Å². The van der Waals surface area contributed by atoms with Gasteiger partial charge in [0.2, 0.25) is 0 Å². The van der Waals surface area contributed by atoms with Crippen LogP contribution in [0.4, 0.5) is 0 Å². The molecule has 0 bridgehead atoms. The fourth-order valence-corrected chi connectivity index (χ4v) is 3.89. The van der Waals surface area contributed by atoms with E-state index in [1.807, 2.05) is 17.9 Å². The maximum atomic E-state index is 13.1. The van der Waals surface area contributed by atoms with E-state index in [1.54, 1.807) is 0 Å². The zero-order chi connectivity index (χ0) is 17.4. The van der Waals surface area contributed by atoms with Crippen LogP contribution in [0.3, 0.4) is 0 Å². The van der Waals surface area contributed by atoms with E-state index in [-0.39, 0.29) is 24.4 Å². The third-order valence-electron chi connectivity index (χ3n) is 5.18. The zero-order valence-corrected chi connectivity index (χ0v) is 16.3. The van der Waals surface area contributed by atoms with Crippen molar-refractivity contribution in [2.45, 2.75) is 40.2 Å². The first kappa shape index (κ1) is 19.5. The van der Waals surface area contributed by atoms with Crippen molar-refractivity contribution in [1.29, 1.82) is 0 Å². The van der Waals surface area contributed by atoms with Gasteiger partial charge in [0, 0.05) is 29.7 Å². The minimum absolute atomic E-state index is 0. The molecule has 0 spiro atoms. The zero-order valence-electron chi connectivity index (χ0n) is 15.5. The summed E-state index contributed by atoms with van der Waals surface area (Å²) < 4.78 is 2.17. The van der Waals surface area contributed by atoms with Crippen LogP contribution in [0.25, 0.3) is 5.69 Å². The Morgan fingerprint density at radius 1 is 1.24 bits per heavy atom. The van der Waals surface area contributed by atoms with E-state index in [4.69, 9.17) is 5.73 Å². The first-order valence-corrected chi connectivity index (χ1v) is 8.69. The third kappa shape index (κ3) is 3.60. The smallest absolute Gasteiger partial charge is 0.255 e. The predicted molar refractivity (Wildman–Crippen MR) is 105 cm³/mol. The molecular formula is C20H28ClN3O. The Balaban J connectivity index is 0.00000225. The molecule has 0 saturated carbocycles. The van der Waals surface area contributed by atoms with Crippen LogP contribution < -0.4 is 5.73 Å². The maximum absolute atomic E-state index is 13.1. The summed E-state index contributed by atoms with van der Waals surface area (Å²) in [6.07, 6.45) is 0.999. The van der Waals surface area contributed by atoms with Gasteiger partial charge in [-0.05, 0) is 70.3 Å². The summed E-state index contributed by atoms with van der Waals surface area (Å²) in [4.78, 5) is 15.1. The largest absolute Gasteiger partial charge is 0.336 e. The minimum Gasteiger partial charge on any atom is -0.336 e. The Morgan fingerprint density at radius 2 is 1.96 bits per heavy atom. The van der Waals surface area contributed by atoms with Crippen molar-refractivity contribution in [3.63, 3.8) is 0 Å². The van der Waals surface area contributed by atoms with Gasteiger partial charge in [-0.2, -0.15) is 0 Å². The molecule has 1 aliphatic heterocycles. The standard InChI is InChI=1S/C20H27N3O.ClH/c1-13-6-5-7-18(8-13)23-15(3)10-19(16(23)4)20(24)22-12-17(11-21)9-14(22)2;/h5-8,10,14,17H,9,11-12,21H2,1-4H3;1H. The molecule has 136 valence electrons. The fraction of sp³-hybridized carbons (Fsp3) is 0.450. The van der Waals surface area contributed by atoms with Gasteiger partial charge < -0.3 is 15.2 Å². The second kappa shape index (κ2) is 7.63. The predicted octanol–water partition coefficient (Wildman–Crippen LogP) is 3.63. The number of hydrogen-bond donors (Lipinski definition) is 1. The highest BCUT2D eigenvalue weighted by molar-refractivity contribution is 5.96. The number of rotatable bonds is 3. The number of hydrogen-bond acceptors (Lipinski definition) is 2. The van der Waals surface area contributed by atoms with Crippen LogP contribution in [0.5, 0.6) is 0 Å². The number of nitrogens with zero attached hydrogens (tertiary/aromatic N) is 2. The Labute approximate surface area is 156 Å². The number of aromatic nitrogens is 1. The Morgan fingerprint density at radius 3 is 2.56 bits per heavy atom. The Bertz CT molecular complexity index is 768. The summed E-state index contributed by atoms with van der Waals surface area (Å²) in [5.74, 6) is 0.551. The van der Waals surface area contributed by atoms with E-state index in [2.05, 4.69) is 49.6 Å². The van der Waals surface area contributed by atoms with E-state index >= 15 is 0 Å². The molecule has 1 amide bonds. The average molecular weight is 362 g/mol. The molecule has 1 aliphatic rings. The molecule has 0 radical (unpaired) electrons. The summed E-state index contributed by atoms with van der Waals surface area (Å²) in [7, 11) is 0. The van der Waals surface area contributed by atoms with Crippen molar-refractivity contribution < 1.29 is 4.79 Å². The highest BCUT2D eigenvalue weighted by Crippen LogP contribution is 2.27. The first-order valence-electron chi connectivity index (χ1n) is 8.69. The molecule has 25 heavy (non-hydrogen) atoms. The fourth-order valence-electron chi connectivity index (χ4n) is 3.89. The first-order chi connectivity index (χ1) is 11.4. The molecule has 2 N–H and O–H groups in total. The molecule has 0 aliphatic carbocycles. The lowest BCUT2D eigenvalue weighted by atomic mass is 10.1. The molecule has 5 heteroatoms. The number of aryl methyl sites for hydroxylation is 2. The molecular weight excluding hydrogens is 334 g/mol. The topological polar surface area (TPSA) is 51.3 Å². The lowest BCUT2D eigenvalue weighted by Gasteiger charge is -2.21. The Hall–Kier alpha value is -1.78. The number of halogens is 1. The van der Waals surface area contributed by atoms with Crippen LogP contribution in [-0.4, -0.2) is 34.5 Å². The molecule has 2 aromatic rings. The minimum atomic E-state index is 0. The molecule has 1 aromatic heterocycles. The van der Waals surface area contributed by atoms with Crippen LogP contribution in [0, 0.1) is 26.7 Å². The molecule has 2 unspecified atom stereocenters. The van der Waals surface area contributed by atoms with Gasteiger partial charge in [-0.15, -0.1) is 12.4 Å². The van der Waals surface area contributed by atoms with E-state index in [9.17, 15) is 4.79 Å². The molecule has 1 aromatic carbocycles. The van der Waals surface area contributed by atoms with Gasteiger partial charge in [0.15, 0.2) is 0 Å². The van der Waals surface area contributed by atoms with Gasteiger partial charge in [0.25, 0.3) is 5.91 Å². The quantitative estimate of drug-likeness (QED) is 0.907. The number of carbonyl (C=O) groups excluding carboxylic acids is 1. The van der Waals surface area contributed by atoms with Crippen LogP contribution in [0.15, 0.2) is 30.3 Å². The van der Waals surface area contributed by atoms with Crippen molar-refractivity contribution in [2.75, 3.05) is 13.1 Å². The summed E-state index contributed by atoms with van der Waals surface area (Å²) in [6, 6.07) is 10.7. The number of likely N-dealkylation sites (tertiary alicyclic amines) is 1. The summed E-state index contributed by atoms with van der Waals surface area (Å²) in [5.41, 5.74) is 11.0. The van der Waals surface area contributed by atoms with Gasteiger partial charge in [-0.25, -0.2) is 0 Å². The summed E-state index contributed by atoms with van der Waals surface area (Å²) >= 11 is 0. The Kier molecular flexibility index (Phi) is 5.96. The highest BCUT2D eigenvalue weighted by atomic mass is 35.5. The SMILES string of the molecule is Cc1cccc(-n2c(C)cc(C(=O)N3CC(CN)CC3C)c2C)c1.Cl. The molecule has 4 nitrogen and oxygen atoms in total. The van der Waals surface area contributed by atoms with Crippen LogP contribution >= 0.6 is 12.4 Å².